The van der Waals surface area contributed by atoms with Crippen molar-refractivity contribution in [2.24, 2.45) is 10.9 Å². The van der Waals surface area contributed by atoms with Crippen LogP contribution < -0.4 is 9.47 Å². The molecule has 2 aliphatic rings. The molecular formula is C34H33NO7. The van der Waals surface area contributed by atoms with Crippen molar-refractivity contribution < 1.29 is 33.3 Å². The van der Waals surface area contributed by atoms with Crippen LogP contribution in [0.1, 0.15) is 58.6 Å². The lowest BCUT2D eigenvalue weighted by Crippen LogP contribution is -2.38. The molecule has 0 saturated carbocycles. The number of ether oxygens (including phenoxy) is 4. The largest absolute Gasteiger partial charge is 0.493 e. The van der Waals surface area contributed by atoms with Gasteiger partial charge in [-0.3, -0.25) is 14.6 Å². The smallest absolute Gasteiger partial charge is 0.337 e. The third kappa shape index (κ3) is 5.70. The van der Waals surface area contributed by atoms with E-state index in [-0.39, 0.29) is 24.7 Å². The zero-order valence-corrected chi connectivity index (χ0v) is 24.1. The third-order valence-electron chi connectivity index (χ3n) is 7.94. The monoisotopic (exact) mass is 567 g/mol. The van der Waals surface area contributed by atoms with Crippen molar-refractivity contribution in [2.75, 3.05) is 21.3 Å². The van der Waals surface area contributed by atoms with Crippen molar-refractivity contribution in [2.45, 2.75) is 38.2 Å². The Morgan fingerprint density at radius 3 is 2.21 bits per heavy atom. The molecule has 1 unspecified atom stereocenters. The Balaban J connectivity index is 1.52. The van der Waals surface area contributed by atoms with E-state index >= 15 is 0 Å². The summed E-state index contributed by atoms with van der Waals surface area (Å²) >= 11 is 0. The number of aliphatic imine (C=N–C) groups is 1. The molecule has 0 bridgehead atoms. The van der Waals surface area contributed by atoms with Crippen LogP contribution in [-0.4, -0.2) is 44.8 Å². The molecule has 1 heterocycles. The second-order valence-corrected chi connectivity index (χ2v) is 10.4. The Bertz CT molecular complexity index is 1560. The predicted molar refractivity (Wildman–Crippen MR) is 157 cm³/mol. The van der Waals surface area contributed by atoms with Crippen LogP contribution >= 0.6 is 0 Å². The van der Waals surface area contributed by atoms with Gasteiger partial charge in [0.05, 0.1) is 26.9 Å². The van der Waals surface area contributed by atoms with Crippen molar-refractivity contribution >= 4 is 23.4 Å². The first-order chi connectivity index (χ1) is 20.3. The van der Waals surface area contributed by atoms with E-state index in [0.717, 1.165) is 16.7 Å². The number of Topliss-reactive ketones (excluding diaryl/α,β-unsaturated/α-hetero) is 1. The Hall–Kier alpha value is -4.72. The first-order valence-corrected chi connectivity index (χ1v) is 13.8. The summed E-state index contributed by atoms with van der Waals surface area (Å²) in [5, 5.41) is 0. The van der Waals surface area contributed by atoms with Crippen molar-refractivity contribution in [1.82, 2.24) is 0 Å². The first kappa shape index (κ1) is 28.8. The van der Waals surface area contributed by atoms with Gasteiger partial charge in [-0.2, -0.15) is 0 Å². The highest BCUT2D eigenvalue weighted by molar-refractivity contribution is 6.09. The number of rotatable bonds is 8. The van der Waals surface area contributed by atoms with Crippen molar-refractivity contribution in [3.8, 4) is 11.5 Å². The molecule has 216 valence electrons. The Morgan fingerprint density at radius 2 is 1.55 bits per heavy atom. The van der Waals surface area contributed by atoms with E-state index in [0.29, 0.717) is 40.5 Å². The summed E-state index contributed by atoms with van der Waals surface area (Å²) in [4.78, 5) is 44.5. The topological polar surface area (TPSA) is 100 Å². The van der Waals surface area contributed by atoms with Gasteiger partial charge >= 0.3 is 11.9 Å². The average molecular weight is 568 g/mol. The van der Waals surface area contributed by atoms with Crippen LogP contribution in [0.25, 0.3) is 0 Å². The van der Waals surface area contributed by atoms with Gasteiger partial charge in [0.15, 0.2) is 17.3 Å². The van der Waals surface area contributed by atoms with Gasteiger partial charge < -0.3 is 18.9 Å². The quantitative estimate of drug-likeness (QED) is 0.317. The average Bonchev–Trinajstić information content (AvgIpc) is 3.02. The molecule has 0 radical (unpaired) electrons. The van der Waals surface area contributed by atoms with Gasteiger partial charge in [0.1, 0.15) is 12.5 Å². The van der Waals surface area contributed by atoms with E-state index in [4.69, 9.17) is 23.9 Å². The van der Waals surface area contributed by atoms with Crippen LogP contribution in [0.15, 0.2) is 89.1 Å². The van der Waals surface area contributed by atoms with E-state index in [9.17, 15) is 14.4 Å². The second-order valence-electron chi connectivity index (χ2n) is 10.4. The lowest BCUT2D eigenvalue weighted by atomic mass is 9.69. The van der Waals surface area contributed by atoms with Gasteiger partial charge in [0.25, 0.3) is 0 Å². The Morgan fingerprint density at radius 1 is 0.857 bits per heavy atom. The number of esters is 2. The van der Waals surface area contributed by atoms with Crippen molar-refractivity contribution in [3.05, 3.63) is 106 Å². The highest BCUT2D eigenvalue weighted by atomic mass is 16.5. The number of hydrogen-bond donors (Lipinski definition) is 0. The SMILES string of the molecule is COC(=O)c1ccc([C@@H]2C3=C(C[C@H](c4ccc(OC)c(OC)c4)CC3=O)N=C(C)C2C(=O)OCc2ccccc2)cc1. The van der Waals surface area contributed by atoms with E-state index < -0.39 is 23.8 Å². The molecule has 3 atom stereocenters. The minimum atomic E-state index is -0.794. The summed E-state index contributed by atoms with van der Waals surface area (Å²) in [5.74, 6) is -1.30. The summed E-state index contributed by atoms with van der Waals surface area (Å²) in [6.45, 7) is 1.91. The maximum absolute atomic E-state index is 13.9. The number of allylic oxidation sites excluding steroid dienone is 2. The normalized spacial score (nSPS) is 19.9. The zero-order valence-electron chi connectivity index (χ0n) is 24.1. The number of carbonyl (C=O) groups is 3. The molecule has 8 nitrogen and oxygen atoms in total. The van der Waals surface area contributed by atoms with E-state index in [1.807, 2.05) is 48.5 Å². The summed E-state index contributed by atoms with van der Waals surface area (Å²) in [6.07, 6.45) is 0.780. The molecule has 8 heteroatoms. The minimum Gasteiger partial charge on any atom is -0.493 e. The first-order valence-electron chi connectivity index (χ1n) is 13.8. The molecule has 5 rings (SSSR count). The molecule has 42 heavy (non-hydrogen) atoms. The van der Waals surface area contributed by atoms with Crippen LogP contribution in [0.5, 0.6) is 11.5 Å². The van der Waals surface area contributed by atoms with Gasteiger partial charge in [-0.05, 0) is 60.2 Å². The molecule has 0 fully saturated rings. The fourth-order valence-electron chi connectivity index (χ4n) is 5.83. The van der Waals surface area contributed by atoms with Crippen molar-refractivity contribution in [1.29, 1.82) is 0 Å². The minimum absolute atomic E-state index is 0.0739. The highest BCUT2D eigenvalue weighted by Gasteiger charge is 2.45. The van der Waals surface area contributed by atoms with Gasteiger partial charge in [0.2, 0.25) is 0 Å². The van der Waals surface area contributed by atoms with Crippen LogP contribution in [0.2, 0.25) is 0 Å². The zero-order chi connectivity index (χ0) is 29.8. The van der Waals surface area contributed by atoms with Crippen molar-refractivity contribution in [3.63, 3.8) is 0 Å². The number of nitrogens with zero attached hydrogens (tertiary/aromatic N) is 1. The van der Waals surface area contributed by atoms with Gasteiger partial charge in [0, 0.05) is 29.3 Å². The molecular weight excluding hydrogens is 534 g/mol. The highest BCUT2D eigenvalue weighted by Crippen LogP contribution is 2.47. The molecule has 1 aliphatic carbocycles. The number of hydrogen-bond acceptors (Lipinski definition) is 8. The predicted octanol–water partition coefficient (Wildman–Crippen LogP) is 5.81. The summed E-state index contributed by atoms with van der Waals surface area (Å²) in [6, 6.07) is 21.9. The van der Waals surface area contributed by atoms with Gasteiger partial charge in [-0.25, -0.2) is 4.79 Å². The van der Waals surface area contributed by atoms with E-state index in [1.165, 1.54) is 7.11 Å². The van der Waals surface area contributed by atoms with Gasteiger partial charge in [-0.1, -0.05) is 48.5 Å². The van der Waals surface area contributed by atoms with E-state index in [2.05, 4.69) is 0 Å². The number of methoxy groups -OCH3 is 3. The number of carbonyl (C=O) groups excluding carboxylic acids is 3. The number of benzene rings is 3. The molecule has 0 saturated heterocycles. The Labute approximate surface area is 245 Å². The molecule has 0 amide bonds. The molecule has 0 N–H and O–H groups in total. The molecule has 3 aromatic rings. The lowest BCUT2D eigenvalue weighted by molar-refractivity contribution is -0.148. The fourth-order valence-corrected chi connectivity index (χ4v) is 5.83. The Kier molecular flexibility index (Phi) is 8.52. The second kappa shape index (κ2) is 12.4. The molecule has 3 aromatic carbocycles. The lowest BCUT2D eigenvalue weighted by Gasteiger charge is -2.36. The summed E-state index contributed by atoms with van der Waals surface area (Å²) in [5.41, 5.74) is 4.68. The van der Waals surface area contributed by atoms with Crippen LogP contribution in [0.3, 0.4) is 0 Å². The maximum atomic E-state index is 13.9. The van der Waals surface area contributed by atoms with Crippen LogP contribution in [0, 0.1) is 5.92 Å². The van der Waals surface area contributed by atoms with Crippen LogP contribution in [0.4, 0.5) is 0 Å². The third-order valence-corrected chi connectivity index (χ3v) is 7.94. The van der Waals surface area contributed by atoms with Gasteiger partial charge in [-0.15, -0.1) is 0 Å². The molecule has 1 aliphatic heterocycles. The van der Waals surface area contributed by atoms with Crippen LogP contribution in [-0.2, 0) is 25.7 Å². The fraction of sp³-hybridized carbons (Fsp3) is 0.294. The number of ketones is 1. The standard InChI is InChI=1S/C34H33NO7/c1-20-30(34(38)42-19-21-8-6-5-7-9-21)31(22-10-12-23(13-11-22)33(37)41-4)32-26(35-20)16-25(17-27(32)36)24-14-15-28(39-2)29(18-24)40-3/h5-15,18,25,30-31H,16-17,19H2,1-4H3/t25-,30?,31-/m0/s1. The maximum Gasteiger partial charge on any atom is 0.337 e. The summed E-state index contributed by atoms with van der Waals surface area (Å²) < 4.78 is 21.5. The molecule has 0 spiro atoms. The molecule has 0 aromatic heterocycles. The van der Waals surface area contributed by atoms with E-state index in [1.54, 1.807) is 45.4 Å². The summed E-state index contributed by atoms with van der Waals surface area (Å²) in [7, 11) is 4.48.